The van der Waals surface area contributed by atoms with E-state index in [1.54, 1.807) is 0 Å². The van der Waals surface area contributed by atoms with Gasteiger partial charge in [0, 0.05) is 24.5 Å². The van der Waals surface area contributed by atoms with Crippen molar-refractivity contribution >= 4 is 23.2 Å². The van der Waals surface area contributed by atoms with Crippen molar-refractivity contribution in [3.8, 4) is 0 Å². The van der Waals surface area contributed by atoms with E-state index in [0.29, 0.717) is 12.6 Å². The predicted octanol–water partition coefficient (Wildman–Crippen LogP) is 2.88. The second-order valence-corrected chi connectivity index (χ2v) is 9.06. The van der Waals surface area contributed by atoms with Crippen molar-refractivity contribution in [3.05, 3.63) is 15.6 Å². The van der Waals surface area contributed by atoms with Crippen LogP contribution in [-0.4, -0.2) is 40.8 Å². The number of likely N-dealkylation sites (tertiary alicyclic amines) is 1. The Labute approximate surface area is 147 Å². The maximum atomic E-state index is 12.9. The highest BCUT2D eigenvalue weighted by atomic mass is 32.1. The first-order valence-corrected chi connectivity index (χ1v) is 9.65. The van der Waals surface area contributed by atoms with Crippen molar-refractivity contribution in [2.24, 2.45) is 5.92 Å². The lowest BCUT2D eigenvalue weighted by atomic mass is 9.97. The van der Waals surface area contributed by atoms with Gasteiger partial charge in [0.25, 0.3) is 5.91 Å². The largest absolute Gasteiger partial charge is 0.353 e. The molecule has 5 nitrogen and oxygen atoms in total. The number of nitrogens with one attached hydrogen (secondary N) is 1. The summed E-state index contributed by atoms with van der Waals surface area (Å²) >= 11 is 1.50. The zero-order chi connectivity index (χ0) is 17.5. The Morgan fingerprint density at radius 2 is 1.96 bits per heavy atom. The molecule has 0 radical (unpaired) electrons. The third-order valence-electron chi connectivity index (χ3n) is 4.64. The molecule has 1 aliphatic heterocycles. The van der Waals surface area contributed by atoms with Crippen LogP contribution in [0.4, 0.5) is 0 Å². The number of carbonyl (C=O) groups excluding carboxylic acids is 2. The number of nitrogens with zero attached hydrogens (tertiary/aromatic N) is 2. The lowest BCUT2D eigenvalue weighted by Gasteiger charge is -2.32. The summed E-state index contributed by atoms with van der Waals surface area (Å²) in [5.74, 6) is 0.0782. The van der Waals surface area contributed by atoms with E-state index < -0.39 is 0 Å². The van der Waals surface area contributed by atoms with E-state index >= 15 is 0 Å². The van der Waals surface area contributed by atoms with Crippen LogP contribution in [0.5, 0.6) is 0 Å². The van der Waals surface area contributed by atoms with E-state index in [4.69, 9.17) is 0 Å². The predicted molar refractivity (Wildman–Crippen MR) is 95.3 cm³/mol. The monoisotopic (exact) mass is 349 g/mol. The Balaban J connectivity index is 1.70. The minimum absolute atomic E-state index is 0.0319. The normalized spacial score (nSPS) is 21.7. The van der Waals surface area contributed by atoms with Gasteiger partial charge in [0.2, 0.25) is 5.91 Å². The summed E-state index contributed by atoms with van der Waals surface area (Å²) in [4.78, 5) is 32.4. The van der Waals surface area contributed by atoms with Gasteiger partial charge in [-0.25, -0.2) is 4.98 Å². The summed E-state index contributed by atoms with van der Waals surface area (Å²) < 4.78 is 0. The molecule has 0 aromatic carbocycles. The first kappa shape index (κ1) is 17.4. The maximum Gasteiger partial charge on any atom is 0.265 e. The highest BCUT2D eigenvalue weighted by Crippen LogP contribution is 2.31. The van der Waals surface area contributed by atoms with E-state index in [2.05, 4.69) is 31.1 Å². The molecule has 0 unspecified atom stereocenters. The van der Waals surface area contributed by atoms with Crippen molar-refractivity contribution in [2.45, 2.75) is 64.8 Å². The Morgan fingerprint density at radius 1 is 1.25 bits per heavy atom. The SMILES string of the molecule is Cc1nc(C(C)(C)C)sc1C(=O)N1CCC[C@@H](C(=O)NC2CC2)C1. The first-order valence-electron chi connectivity index (χ1n) is 8.83. The van der Waals surface area contributed by atoms with Crippen LogP contribution in [0, 0.1) is 12.8 Å². The van der Waals surface area contributed by atoms with Crippen LogP contribution >= 0.6 is 11.3 Å². The summed E-state index contributed by atoms with van der Waals surface area (Å²) in [6, 6.07) is 0.377. The topological polar surface area (TPSA) is 62.3 Å². The molecule has 132 valence electrons. The molecule has 1 saturated heterocycles. The minimum atomic E-state index is -0.0707. The van der Waals surface area contributed by atoms with Gasteiger partial charge in [-0.2, -0.15) is 0 Å². The molecule has 1 aliphatic carbocycles. The molecule has 2 heterocycles. The molecule has 1 aromatic heterocycles. The van der Waals surface area contributed by atoms with Crippen LogP contribution in [0.1, 0.15) is 66.8 Å². The number of amides is 2. The van der Waals surface area contributed by atoms with E-state index in [9.17, 15) is 9.59 Å². The zero-order valence-corrected chi connectivity index (χ0v) is 15.8. The van der Waals surface area contributed by atoms with Gasteiger partial charge >= 0.3 is 0 Å². The minimum Gasteiger partial charge on any atom is -0.353 e. The van der Waals surface area contributed by atoms with E-state index in [1.165, 1.54) is 11.3 Å². The smallest absolute Gasteiger partial charge is 0.265 e. The van der Waals surface area contributed by atoms with E-state index in [1.807, 2.05) is 11.8 Å². The van der Waals surface area contributed by atoms with Crippen molar-refractivity contribution < 1.29 is 9.59 Å². The average Bonchev–Trinajstić information content (AvgIpc) is 3.24. The van der Waals surface area contributed by atoms with E-state index in [-0.39, 0.29) is 23.1 Å². The maximum absolute atomic E-state index is 12.9. The molecule has 1 atom stereocenters. The summed E-state index contributed by atoms with van der Waals surface area (Å²) in [6.45, 7) is 9.49. The molecule has 2 fully saturated rings. The van der Waals surface area contributed by atoms with Crippen LogP contribution in [0.25, 0.3) is 0 Å². The molecule has 2 aliphatic rings. The Kier molecular flexibility index (Phi) is 4.69. The molecule has 2 amide bonds. The lowest BCUT2D eigenvalue weighted by Crippen LogP contribution is -2.45. The van der Waals surface area contributed by atoms with Crippen molar-refractivity contribution in [2.75, 3.05) is 13.1 Å². The highest BCUT2D eigenvalue weighted by Gasteiger charge is 2.33. The highest BCUT2D eigenvalue weighted by molar-refractivity contribution is 7.14. The van der Waals surface area contributed by atoms with Crippen LogP contribution in [0.3, 0.4) is 0 Å². The fourth-order valence-corrected chi connectivity index (χ4v) is 4.07. The third-order valence-corrected chi connectivity index (χ3v) is 6.21. The van der Waals surface area contributed by atoms with E-state index in [0.717, 1.165) is 47.8 Å². The van der Waals surface area contributed by atoms with Gasteiger partial charge in [-0.15, -0.1) is 11.3 Å². The number of piperidine rings is 1. The van der Waals surface area contributed by atoms with Crippen LogP contribution < -0.4 is 5.32 Å². The number of hydrogen-bond acceptors (Lipinski definition) is 4. The fourth-order valence-electron chi connectivity index (χ4n) is 2.98. The number of rotatable bonds is 3. The van der Waals surface area contributed by atoms with Crippen molar-refractivity contribution in [3.63, 3.8) is 0 Å². The van der Waals surface area contributed by atoms with Crippen molar-refractivity contribution in [1.82, 2.24) is 15.2 Å². The van der Waals surface area contributed by atoms with Crippen molar-refractivity contribution in [1.29, 1.82) is 0 Å². The Hall–Kier alpha value is -1.43. The Bertz CT molecular complexity index is 643. The zero-order valence-electron chi connectivity index (χ0n) is 15.0. The number of carbonyl (C=O) groups is 2. The van der Waals surface area contributed by atoms with Gasteiger partial charge in [0.05, 0.1) is 16.6 Å². The molecule has 1 saturated carbocycles. The van der Waals surface area contributed by atoms with Gasteiger partial charge in [0.1, 0.15) is 4.88 Å². The number of thiazole rings is 1. The first-order chi connectivity index (χ1) is 11.3. The lowest BCUT2D eigenvalue weighted by molar-refractivity contribution is -0.126. The van der Waals surface area contributed by atoms with Crippen LogP contribution in [0.15, 0.2) is 0 Å². The second kappa shape index (κ2) is 6.47. The van der Waals surface area contributed by atoms with Gasteiger partial charge in [-0.3, -0.25) is 9.59 Å². The third kappa shape index (κ3) is 3.79. The quantitative estimate of drug-likeness (QED) is 0.913. The number of hydrogen-bond donors (Lipinski definition) is 1. The number of aromatic nitrogens is 1. The molecule has 6 heteroatoms. The standard InChI is InChI=1S/C18H27N3O2S/c1-11-14(24-17(19-11)18(2,3)4)16(23)21-9-5-6-12(10-21)15(22)20-13-7-8-13/h12-13H,5-10H2,1-4H3,(H,20,22)/t12-/m1/s1. The summed E-state index contributed by atoms with van der Waals surface area (Å²) in [5.41, 5.74) is 0.752. The summed E-state index contributed by atoms with van der Waals surface area (Å²) in [6.07, 6.45) is 3.95. The molecule has 0 bridgehead atoms. The molecule has 1 aromatic rings. The molecular formula is C18H27N3O2S. The van der Waals surface area contributed by atoms with Crippen LogP contribution in [-0.2, 0) is 10.2 Å². The molecule has 3 rings (SSSR count). The molecular weight excluding hydrogens is 322 g/mol. The number of aryl methyl sites for hydroxylation is 1. The molecule has 0 spiro atoms. The van der Waals surface area contributed by atoms with Gasteiger partial charge < -0.3 is 10.2 Å². The van der Waals surface area contributed by atoms with Gasteiger partial charge in [0.15, 0.2) is 0 Å². The average molecular weight is 350 g/mol. The Morgan fingerprint density at radius 3 is 2.54 bits per heavy atom. The summed E-state index contributed by atoms with van der Waals surface area (Å²) in [5, 5.41) is 4.06. The molecule has 24 heavy (non-hydrogen) atoms. The fraction of sp³-hybridized carbons (Fsp3) is 0.722. The van der Waals surface area contributed by atoms with Gasteiger partial charge in [-0.1, -0.05) is 20.8 Å². The van der Waals surface area contributed by atoms with Gasteiger partial charge in [-0.05, 0) is 32.6 Å². The molecule has 1 N–H and O–H groups in total. The summed E-state index contributed by atoms with van der Waals surface area (Å²) in [7, 11) is 0. The second-order valence-electron chi connectivity index (χ2n) is 8.06. The van der Waals surface area contributed by atoms with Crippen LogP contribution in [0.2, 0.25) is 0 Å².